The molecular weight excluding hydrogens is 730 g/mol. The topological polar surface area (TPSA) is 243 Å². The van der Waals surface area contributed by atoms with Crippen LogP contribution in [-0.4, -0.2) is 79.0 Å². The summed E-state index contributed by atoms with van der Waals surface area (Å²) in [5, 5.41) is 0. The van der Waals surface area contributed by atoms with E-state index in [2.05, 4.69) is 19.9 Å². The predicted octanol–water partition coefficient (Wildman–Crippen LogP) is 0.868. The van der Waals surface area contributed by atoms with Crippen molar-refractivity contribution in [1.29, 1.82) is 0 Å². The number of nitrogens with zero attached hydrogens (tertiary/aromatic N) is 5. The van der Waals surface area contributed by atoms with Crippen molar-refractivity contribution in [3.8, 4) is 11.1 Å². The number of ether oxygens (including phenoxy) is 2. The monoisotopic (exact) mass is 759 g/mol. The van der Waals surface area contributed by atoms with Crippen LogP contribution in [0.25, 0.3) is 22.3 Å². The zero-order valence-electron chi connectivity index (χ0n) is 26.0. The van der Waals surface area contributed by atoms with Crippen molar-refractivity contribution in [1.82, 2.24) is 29.1 Å². The van der Waals surface area contributed by atoms with Crippen LogP contribution in [0.5, 0.6) is 0 Å². The Morgan fingerprint density at radius 3 is 2.22 bits per heavy atom. The minimum absolute atomic E-state index is 0. The van der Waals surface area contributed by atoms with Gasteiger partial charge in [-0.1, -0.05) is 42.1 Å². The minimum Gasteiger partial charge on any atom is -0.780 e. The molecule has 0 spiro atoms. The molecule has 0 bridgehead atoms. The molecule has 3 aliphatic rings. The Morgan fingerprint density at radius 2 is 1.54 bits per heavy atom. The number of alkyl halides is 2. The smallest absolute Gasteiger partial charge is 0.330 e. The number of nitrogens with one attached hydrogen (secondary N) is 1. The van der Waals surface area contributed by atoms with E-state index in [1.54, 1.807) is 30.3 Å². The van der Waals surface area contributed by atoms with Crippen molar-refractivity contribution in [2.75, 3.05) is 18.9 Å². The quantitative estimate of drug-likeness (QED) is 0.217. The molecular formula is C27H29F2N7O11P2S. The van der Waals surface area contributed by atoms with Gasteiger partial charge in [-0.2, -0.15) is 0 Å². The van der Waals surface area contributed by atoms with Gasteiger partial charge in [0.15, 0.2) is 36.3 Å². The van der Waals surface area contributed by atoms with E-state index in [9.17, 15) is 23.9 Å². The lowest BCUT2D eigenvalue weighted by atomic mass is 10.1. The van der Waals surface area contributed by atoms with Crippen LogP contribution in [0.2, 0.25) is 0 Å². The number of anilines is 1. The summed E-state index contributed by atoms with van der Waals surface area (Å²) >= 11 is 4.98. The Balaban J connectivity index is 0.00000243. The molecule has 4 aromatic rings. The summed E-state index contributed by atoms with van der Waals surface area (Å²) in [6.45, 7) is -6.52. The van der Waals surface area contributed by atoms with Crippen molar-refractivity contribution in [3.05, 3.63) is 84.9 Å². The van der Waals surface area contributed by atoms with Gasteiger partial charge in [-0.05, 0) is 5.56 Å². The predicted molar refractivity (Wildman–Crippen MR) is 170 cm³/mol. The van der Waals surface area contributed by atoms with Gasteiger partial charge in [0.2, 0.25) is 0 Å². The fourth-order valence-electron chi connectivity index (χ4n) is 5.60. The number of H-pyrrole nitrogens is 1. The zero-order valence-corrected chi connectivity index (χ0v) is 28.6. The SMILES string of the molecule is Nc1ncnc2c1ncn2[C@@H]1O[C@@H]2COP([O-])(=S)O[C@H]3C(F)[C@H](n4cc(-c5ccccc5)c(=O)[nH]c4=O)O[C@@H]3COP(=O)([O-])O[C@H]2C1F.[CH3+].[CH3+]. The first kappa shape index (κ1) is 37.7. The molecule has 3 saturated heterocycles. The number of nitrogens with two attached hydrogens (primary N) is 1. The average Bonchev–Trinajstić information content (AvgIpc) is 3.69. The van der Waals surface area contributed by atoms with Crippen molar-refractivity contribution < 1.29 is 50.7 Å². The third-order valence-electron chi connectivity index (χ3n) is 7.82. The van der Waals surface area contributed by atoms with Crippen LogP contribution in [0.3, 0.4) is 0 Å². The number of halogens is 2. The normalized spacial score (nSPS) is 34.4. The number of phosphoric acid groups is 1. The second-order valence-corrected chi connectivity index (χ2v) is 14.9. The Labute approximate surface area is 287 Å². The van der Waals surface area contributed by atoms with E-state index in [4.69, 9.17) is 45.1 Å². The molecule has 10 atom stereocenters. The minimum atomic E-state index is -5.43. The molecule has 0 radical (unpaired) electrons. The molecule has 23 heteroatoms. The first-order valence-corrected chi connectivity index (χ1v) is 18.0. The maximum Gasteiger partial charge on any atom is 0.330 e. The number of phosphoric ester groups is 1. The molecule has 268 valence electrons. The number of aromatic nitrogens is 6. The van der Waals surface area contributed by atoms with E-state index in [-0.39, 0.29) is 37.4 Å². The van der Waals surface area contributed by atoms with E-state index in [0.29, 0.717) is 5.56 Å². The third kappa shape index (κ3) is 6.99. The van der Waals surface area contributed by atoms with E-state index in [0.717, 1.165) is 28.0 Å². The molecule has 1 aromatic carbocycles. The molecule has 0 aliphatic carbocycles. The first-order chi connectivity index (χ1) is 22.8. The molecule has 3 aromatic heterocycles. The number of hydrogen-bond acceptors (Lipinski definition) is 16. The van der Waals surface area contributed by atoms with Crippen molar-refractivity contribution >= 4 is 43.3 Å². The van der Waals surface area contributed by atoms with Gasteiger partial charge in [-0.3, -0.25) is 23.5 Å². The van der Waals surface area contributed by atoms with Crippen molar-refractivity contribution in [3.63, 3.8) is 0 Å². The van der Waals surface area contributed by atoms with Gasteiger partial charge in [-0.25, -0.2) is 28.5 Å². The summed E-state index contributed by atoms with van der Waals surface area (Å²) in [5.41, 5.74) is 4.49. The Hall–Kier alpha value is -3.59. The van der Waals surface area contributed by atoms with Gasteiger partial charge in [0.05, 0.1) is 25.1 Å². The largest absolute Gasteiger partial charge is 0.780 e. The van der Waals surface area contributed by atoms with Crippen molar-refractivity contribution in [2.45, 2.75) is 49.2 Å². The Morgan fingerprint density at radius 1 is 0.920 bits per heavy atom. The average molecular weight is 760 g/mol. The van der Waals surface area contributed by atoms with Crippen LogP contribution in [0, 0.1) is 14.9 Å². The fourth-order valence-corrected chi connectivity index (χ4v) is 7.96. The summed E-state index contributed by atoms with van der Waals surface area (Å²) in [7, 11) is -5.43. The standard InChI is InChI=1S/C25H25F2N7O11P2S.2CH3/c26-15-18-14(43-24(15)34-10-31-17-20(28)29-9-30-21(17)34)8-41-47(39,48)45-19-13(7-40-46(37,38)44-18)42-23(16(19)27)33-6-12(22(35)32-25(33)36)11-4-2-1-3-5-11;;/h1-6,9-10,13-16,18-19,23-24H,7-8H2,(H,37,38)(H,39,48)(H2,28,29,30)(H,32,35,36);2*1H3/q;2*+1/p-2/t13-,14-,15?,16?,18-,19-,23-,24-,47?;;/m1../s1. The molecule has 3 N–H and O–H groups in total. The molecule has 18 nitrogen and oxygen atoms in total. The molecule has 3 fully saturated rings. The Bertz CT molecular complexity index is 2070. The highest BCUT2D eigenvalue weighted by molar-refractivity contribution is 8.06. The van der Waals surface area contributed by atoms with Gasteiger partial charge in [-0.15, -0.1) is 0 Å². The summed E-state index contributed by atoms with van der Waals surface area (Å²) < 4.78 is 78.7. The van der Waals surface area contributed by atoms with Crippen LogP contribution >= 0.6 is 14.5 Å². The molecule has 50 heavy (non-hydrogen) atoms. The van der Waals surface area contributed by atoms with Crippen LogP contribution < -0.4 is 26.8 Å². The summed E-state index contributed by atoms with van der Waals surface area (Å²) in [6.07, 6.45) is -11.8. The van der Waals surface area contributed by atoms with E-state index in [1.165, 1.54) is 0 Å². The zero-order chi connectivity index (χ0) is 34.0. The first-order valence-electron chi connectivity index (χ1n) is 14.0. The highest BCUT2D eigenvalue weighted by atomic mass is 32.5. The van der Waals surface area contributed by atoms with E-state index >= 15 is 8.78 Å². The second kappa shape index (κ2) is 14.2. The third-order valence-corrected chi connectivity index (χ3v) is 10.3. The molecule has 0 amide bonds. The lowest BCUT2D eigenvalue weighted by Crippen LogP contribution is -2.40. The molecule has 0 saturated carbocycles. The Kier molecular flexibility index (Phi) is 10.7. The summed E-state index contributed by atoms with van der Waals surface area (Å²) in [5.74, 6) is -0.0110. The van der Waals surface area contributed by atoms with Crippen LogP contribution in [0.4, 0.5) is 14.6 Å². The fraction of sp³-hybridized carbons (Fsp3) is 0.370. The van der Waals surface area contributed by atoms with Crippen LogP contribution in [-0.2, 0) is 43.9 Å². The van der Waals surface area contributed by atoms with Crippen molar-refractivity contribution in [2.24, 2.45) is 0 Å². The van der Waals surface area contributed by atoms with E-state index in [1.807, 2.05) is 0 Å². The van der Waals surface area contributed by atoms with Gasteiger partial charge < -0.3 is 43.1 Å². The number of nitrogen functional groups attached to an aromatic ring is 1. The molecule has 6 heterocycles. The maximum absolute atomic E-state index is 16.1. The molecule has 3 aliphatic heterocycles. The second-order valence-electron chi connectivity index (χ2n) is 10.8. The molecule has 7 rings (SSSR count). The number of fused-ring (bicyclic) bond motifs is 3. The molecule has 4 unspecified atom stereocenters. The van der Waals surface area contributed by atoms with Gasteiger partial charge in [0.1, 0.15) is 43.0 Å². The number of aromatic amines is 1. The number of rotatable bonds is 3. The lowest BCUT2D eigenvalue weighted by molar-refractivity contribution is -0.238. The number of imidazole rings is 1. The van der Waals surface area contributed by atoms with Gasteiger partial charge >= 0.3 is 5.69 Å². The number of benzene rings is 1. The van der Waals surface area contributed by atoms with Gasteiger partial charge in [0.25, 0.3) is 13.4 Å². The highest BCUT2D eigenvalue weighted by Crippen LogP contribution is 2.51. The summed E-state index contributed by atoms with van der Waals surface area (Å²) in [4.78, 5) is 65.5. The van der Waals surface area contributed by atoms with Crippen LogP contribution in [0.1, 0.15) is 12.5 Å². The van der Waals surface area contributed by atoms with Gasteiger partial charge in [0, 0.05) is 21.1 Å². The lowest BCUT2D eigenvalue weighted by Gasteiger charge is -2.36. The van der Waals surface area contributed by atoms with E-state index < -0.39 is 88.2 Å². The number of hydrogen-bond donors (Lipinski definition) is 2. The van der Waals surface area contributed by atoms with Crippen LogP contribution in [0.15, 0.2) is 58.8 Å². The maximum atomic E-state index is 16.1. The summed E-state index contributed by atoms with van der Waals surface area (Å²) in [6, 6.07) is 8.12. The highest BCUT2D eigenvalue weighted by Gasteiger charge is 2.52.